The minimum atomic E-state index is -1.16. The van der Waals surface area contributed by atoms with Crippen LogP contribution in [0.4, 0.5) is 4.79 Å². The molecule has 0 unspecified atom stereocenters. The van der Waals surface area contributed by atoms with E-state index in [2.05, 4.69) is 26.1 Å². The number of fused-ring (bicyclic) bond motifs is 1. The molecule has 2 aliphatic rings. The minimum Gasteiger partial charge on any atom is -0.492 e. The molecular weight excluding hydrogens is 384 g/mol. The van der Waals surface area contributed by atoms with Crippen LogP contribution < -0.4 is 19.5 Å². The number of amides is 3. The van der Waals surface area contributed by atoms with Gasteiger partial charge in [0.15, 0.2) is 11.5 Å². The molecule has 0 saturated carbocycles. The molecule has 3 amide bonds. The monoisotopic (exact) mass is 410 g/mol. The van der Waals surface area contributed by atoms with Crippen LogP contribution in [0.15, 0.2) is 42.5 Å². The quantitative estimate of drug-likeness (QED) is 0.763. The van der Waals surface area contributed by atoms with Gasteiger partial charge < -0.3 is 19.5 Å². The summed E-state index contributed by atoms with van der Waals surface area (Å²) in [4.78, 5) is 26.7. The van der Waals surface area contributed by atoms with Crippen molar-refractivity contribution in [3.63, 3.8) is 0 Å². The maximum Gasteiger partial charge on any atom is 0.325 e. The highest BCUT2D eigenvalue weighted by Crippen LogP contribution is 2.37. The summed E-state index contributed by atoms with van der Waals surface area (Å²) in [6, 6.07) is 12.7. The molecule has 0 radical (unpaired) electrons. The zero-order valence-electron chi connectivity index (χ0n) is 17.7. The van der Waals surface area contributed by atoms with Crippen LogP contribution in [0.1, 0.15) is 38.8 Å². The van der Waals surface area contributed by atoms with Crippen molar-refractivity contribution in [1.82, 2.24) is 10.2 Å². The topological polar surface area (TPSA) is 77.1 Å². The number of hydrogen-bond donors (Lipinski definition) is 1. The van der Waals surface area contributed by atoms with Gasteiger partial charge in [-0.3, -0.25) is 9.69 Å². The Kier molecular flexibility index (Phi) is 4.84. The Bertz CT molecular complexity index is 980. The predicted molar refractivity (Wildman–Crippen MR) is 111 cm³/mol. The Labute approximate surface area is 175 Å². The fourth-order valence-electron chi connectivity index (χ4n) is 3.61. The van der Waals surface area contributed by atoms with Crippen LogP contribution in [-0.4, -0.2) is 36.8 Å². The number of imide groups is 1. The minimum absolute atomic E-state index is 0.0672. The smallest absolute Gasteiger partial charge is 0.325 e. The van der Waals surface area contributed by atoms with Crippen molar-refractivity contribution in [2.45, 2.75) is 38.6 Å². The van der Waals surface area contributed by atoms with Crippen LogP contribution in [0.2, 0.25) is 0 Å². The fraction of sp³-hybridized carbons (Fsp3) is 0.391. The number of urea groups is 1. The van der Waals surface area contributed by atoms with E-state index in [4.69, 9.17) is 14.2 Å². The van der Waals surface area contributed by atoms with Gasteiger partial charge in [-0.15, -0.1) is 0 Å². The van der Waals surface area contributed by atoms with Crippen molar-refractivity contribution in [2.24, 2.45) is 0 Å². The summed E-state index contributed by atoms with van der Waals surface area (Å²) in [6.07, 6.45) is 0. The molecule has 2 aliphatic heterocycles. The third-order valence-electron chi connectivity index (χ3n) is 5.53. The predicted octanol–water partition coefficient (Wildman–Crippen LogP) is 3.56. The molecule has 30 heavy (non-hydrogen) atoms. The molecule has 4 rings (SSSR count). The van der Waals surface area contributed by atoms with Crippen molar-refractivity contribution in [2.75, 3.05) is 19.9 Å². The second-order valence-electron chi connectivity index (χ2n) is 8.70. The van der Waals surface area contributed by atoms with Crippen molar-refractivity contribution in [3.05, 3.63) is 53.6 Å². The molecule has 158 valence electrons. The average molecular weight is 410 g/mol. The number of carbonyl (C=O) groups excluding carboxylic acids is 2. The molecule has 2 aromatic rings. The van der Waals surface area contributed by atoms with E-state index in [0.717, 1.165) is 0 Å². The van der Waals surface area contributed by atoms with Gasteiger partial charge in [0.05, 0.1) is 6.54 Å². The maximum absolute atomic E-state index is 13.1. The largest absolute Gasteiger partial charge is 0.492 e. The molecule has 2 aromatic carbocycles. The standard InChI is InChI=1S/C23H26N2O5/c1-22(2,3)15-5-8-17(9-6-15)28-12-11-25-20(26)23(4,24-21(25)27)16-7-10-18-19(13-16)30-14-29-18/h5-10,13H,11-12,14H2,1-4H3,(H,24,27)/t23-/m1/s1. The van der Waals surface area contributed by atoms with E-state index >= 15 is 0 Å². The summed E-state index contributed by atoms with van der Waals surface area (Å²) >= 11 is 0. The summed E-state index contributed by atoms with van der Waals surface area (Å²) < 4.78 is 16.5. The van der Waals surface area contributed by atoms with Gasteiger partial charge in [0.1, 0.15) is 17.9 Å². The number of nitrogens with one attached hydrogen (secondary N) is 1. The zero-order chi connectivity index (χ0) is 21.5. The van der Waals surface area contributed by atoms with E-state index in [-0.39, 0.29) is 31.3 Å². The third-order valence-corrected chi connectivity index (χ3v) is 5.53. The highest BCUT2D eigenvalue weighted by molar-refractivity contribution is 6.07. The van der Waals surface area contributed by atoms with E-state index in [0.29, 0.717) is 22.8 Å². The van der Waals surface area contributed by atoms with E-state index < -0.39 is 11.6 Å². The first-order valence-corrected chi connectivity index (χ1v) is 9.96. The summed E-state index contributed by atoms with van der Waals surface area (Å²) in [5, 5.41) is 2.80. The molecule has 2 heterocycles. The second kappa shape index (κ2) is 7.23. The molecule has 7 heteroatoms. The second-order valence-corrected chi connectivity index (χ2v) is 8.70. The molecule has 0 bridgehead atoms. The van der Waals surface area contributed by atoms with Crippen LogP contribution in [0, 0.1) is 0 Å². The van der Waals surface area contributed by atoms with Gasteiger partial charge in [0.2, 0.25) is 6.79 Å². The van der Waals surface area contributed by atoms with Gasteiger partial charge in [-0.1, -0.05) is 39.0 Å². The number of hydrogen-bond acceptors (Lipinski definition) is 5. The van der Waals surface area contributed by atoms with Crippen LogP contribution >= 0.6 is 0 Å². The van der Waals surface area contributed by atoms with Gasteiger partial charge in [-0.2, -0.15) is 0 Å². The zero-order valence-corrected chi connectivity index (χ0v) is 17.7. The first-order chi connectivity index (χ1) is 14.2. The SMILES string of the molecule is CC(C)(C)c1ccc(OCCN2C(=O)N[C@](C)(c3ccc4c(c3)OCO4)C2=O)cc1. The highest BCUT2D eigenvalue weighted by Gasteiger charge is 2.49. The fourth-order valence-corrected chi connectivity index (χ4v) is 3.61. The highest BCUT2D eigenvalue weighted by atomic mass is 16.7. The summed E-state index contributed by atoms with van der Waals surface area (Å²) in [5.74, 6) is 1.57. The van der Waals surface area contributed by atoms with Crippen molar-refractivity contribution < 1.29 is 23.8 Å². The molecule has 1 atom stereocenters. The van der Waals surface area contributed by atoms with Gasteiger partial charge in [-0.25, -0.2) is 4.79 Å². The average Bonchev–Trinajstić information content (AvgIpc) is 3.25. The molecule has 0 aromatic heterocycles. The lowest BCUT2D eigenvalue weighted by molar-refractivity contribution is -0.131. The lowest BCUT2D eigenvalue weighted by atomic mass is 9.87. The molecular formula is C23H26N2O5. The van der Waals surface area contributed by atoms with Crippen LogP contribution in [0.25, 0.3) is 0 Å². The summed E-state index contributed by atoms with van der Waals surface area (Å²) in [7, 11) is 0. The molecule has 7 nitrogen and oxygen atoms in total. The van der Waals surface area contributed by atoms with Gasteiger partial charge in [0, 0.05) is 0 Å². The van der Waals surface area contributed by atoms with Gasteiger partial charge >= 0.3 is 6.03 Å². The van der Waals surface area contributed by atoms with Gasteiger partial charge in [0.25, 0.3) is 5.91 Å². The van der Waals surface area contributed by atoms with Crippen molar-refractivity contribution in [1.29, 1.82) is 0 Å². The summed E-state index contributed by atoms with van der Waals surface area (Å²) in [5.41, 5.74) is 0.763. The lowest BCUT2D eigenvalue weighted by Gasteiger charge is -2.22. The number of carbonyl (C=O) groups is 2. The number of rotatable bonds is 5. The first kappa shape index (κ1) is 20.1. The molecule has 1 N–H and O–H groups in total. The number of nitrogens with zero attached hydrogens (tertiary/aromatic N) is 1. The maximum atomic E-state index is 13.1. The Morgan fingerprint density at radius 3 is 2.47 bits per heavy atom. The Hall–Kier alpha value is -3.22. The molecule has 0 spiro atoms. The van der Waals surface area contributed by atoms with E-state index in [1.54, 1.807) is 25.1 Å². The van der Waals surface area contributed by atoms with Crippen molar-refractivity contribution in [3.8, 4) is 17.2 Å². The third kappa shape index (κ3) is 3.56. The Morgan fingerprint density at radius 1 is 1.07 bits per heavy atom. The van der Waals surface area contributed by atoms with Gasteiger partial charge in [-0.05, 0) is 47.7 Å². The lowest BCUT2D eigenvalue weighted by Crippen LogP contribution is -2.41. The van der Waals surface area contributed by atoms with Crippen molar-refractivity contribution >= 4 is 11.9 Å². The van der Waals surface area contributed by atoms with Crippen LogP contribution in [-0.2, 0) is 15.7 Å². The van der Waals surface area contributed by atoms with Crippen LogP contribution in [0.5, 0.6) is 17.2 Å². The normalized spacial score (nSPS) is 20.5. The van der Waals surface area contributed by atoms with E-state index in [1.807, 2.05) is 24.3 Å². The Morgan fingerprint density at radius 2 is 1.77 bits per heavy atom. The molecule has 0 aliphatic carbocycles. The summed E-state index contributed by atoms with van der Waals surface area (Å²) in [6.45, 7) is 8.66. The molecule has 1 saturated heterocycles. The Balaban J connectivity index is 1.41. The number of benzene rings is 2. The molecule has 1 fully saturated rings. The van der Waals surface area contributed by atoms with E-state index in [1.165, 1.54) is 10.5 Å². The van der Waals surface area contributed by atoms with E-state index in [9.17, 15) is 9.59 Å². The van der Waals surface area contributed by atoms with Crippen LogP contribution in [0.3, 0.4) is 0 Å². The first-order valence-electron chi connectivity index (χ1n) is 9.96. The number of ether oxygens (including phenoxy) is 3.